The molecule has 1 aromatic carbocycles. The molecule has 3 unspecified atom stereocenters. The summed E-state index contributed by atoms with van der Waals surface area (Å²) in [4.78, 5) is 18.6. The summed E-state index contributed by atoms with van der Waals surface area (Å²) in [5.74, 6) is 0.0541. The first-order valence-corrected chi connectivity index (χ1v) is 9.76. The van der Waals surface area contributed by atoms with Crippen molar-refractivity contribution in [2.24, 2.45) is 17.8 Å². The predicted octanol–water partition coefficient (Wildman–Crippen LogP) is 2.65. The molecule has 1 saturated carbocycles. The van der Waals surface area contributed by atoms with E-state index in [0.717, 1.165) is 32.4 Å². The van der Waals surface area contributed by atoms with Gasteiger partial charge in [0.1, 0.15) is 0 Å². The van der Waals surface area contributed by atoms with E-state index >= 15 is 0 Å². The van der Waals surface area contributed by atoms with Gasteiger partial charge >= 0.3 is 5.97 Å². The quantitative estimate of drug-likeness (QED) is 0.773. The molecule has 2 aliphatic heterocycles. The minimum Gasteiger partial charge on any atom is -0.469 e. The normalized spacial score (nSPS) is 34.0. The van der Waals surface area contributed by atoms with Crippen molar-refractivity contribution in [3.8, 4) is 0 Å². The van der Waals surface area contributed by atoms with Crippen molar-refractivity contribution in [3.05, 3.63) is 35.5 Å². The van der Waals surface area contributed by atoms with E-state index in [1.165, 1.54) is 29.3 Å². The highest BCUT2D eigenvalue weighted by atomic mass is 16.5. The SMILES string of the molecule is COC(=O)C1C(O)CC[C@H]2CN3CCc4c([nH]c5ccccc45)[C@H]3CC12. The third-order valence-electron chi connectivity index (χ3n) is 7.02. The number of hydrogen-bond donors (Lipinski definition) is 2. The summed E-state index contributed by atoms with van der Waals surface area (Å²) >= 11 is 0. The van der Waals surface area contributed by atoms with Crippen LogP contribution in [0.5, 0.6) is 0 Å². The number of fused-ring (bicyclic) bond motifs is 6. The first kappa shape index (κ1) is 16.3. The Hall–Kier alpha value is -1.85. The molecule has 0 bridgehead atoms. The van der Waals surface area contributed by atoms with Crippen molar-refractivity contribution in [1.29, 1.82) is 0 Å². The summed E-state index contributed by atoms with van der Waals surface area (Å²) < 4.78 is 5.04. The lowest BCUT2D eigenvalue weighted by Gasteiger charge is -2.50. The fourth-order valence-electron chi connectivity index (χ4n) is 5.80. The summed E-state index contributed by atoms with van der Waals surface area (Å²) in [6.07, 6.45) is 3.14. The van der Waals surface area contributed by atoms with Gasteiger partial charge in [0, 0.05) is 29.7 Å². The van der Waals surface area contributed by atoms with Gasteiger partial charge in [-0.2, -0.15) is 0 Å². The largest absolute Gasteiger partial charge is 0.469 e. The molecule has 1 aliphatic carbocycles. The summed E-state index contributed by atoms with van der Waals surface area (Å²) in [5, 5.41) is 11.8. The van der Waals surface area contributed by atoms with Crippen LogP contribution < -0.4 is 0 Å². The molecular weight excluding hydrogens is 328 g/mol. The Morgan fingerprint density at radius 1 is 1.31 bits per heavy atom. The molecule has 138 valence electrons. The predicted molar refractivity (Wildman–Crippen MR) is 98.7 cm³/mol. The van der Waals surface area contributed by atoms with Gasteiger partial charge in [-0.1, -0.05) is 18.2 Å². The number of carbonyl (C=O) groups is 1. The number of aliphatic hydroxyl groups excluding tert-OH is 1. The van der Waals surface area contributed by atoms with E-state index in [1.54, 1.807) is 0 Å². The number of carbonyl (C=O) groups excluding carboxylic acids is 1. The standard InChI is InChI=1S/C21H26N2O3/c1-26-21(25)19-15-10-17-20-14(13-4-2-3-5-16(13)22-20)8-9-23(17)11-12(15)6-7-18(19)24/h2-5,12,15,17-19,22,24H,6-11H2,1H3/t12-,15?,17+,18?,19?/m0/s1. The Labute approximate surface area is 153 Å². The first-order chi connectivity index (χ1) is 12.7. The summed E-state index contributed by atoms with van der Waals surface area (Å²) in [6.45, 7) is 2.10. The van der Waals surface area contributed by atoms with Crippen LogP contribution in [0.25, 0.3) is 10.9 Å². The minimum atomic E-state index is -0.568. The Balaban J connectivity index is 1.52. The van der Waals surface area contributed by atoms with Crippen LogP contribution in [0.2, 0.25) is 0 Å². The van der Waals surface area contributed by atoms with Gasteiger partial charge in [-0.05, 0) is 49.1 Å². The Bertz CT molecular complexity index is 845. The molecule has 1 aromatic heterocycles. The zero-order valence-electron chi connectivity index (χ0n) is 15.1. The number of esters is 1. The second-order valence-electron chi connectivity index (χ2n) is 8.18. The number of ether oxygens (including phenoxy) is 1. The molecule has 0 radical (unpaired) electrons. The maximum atomic E-state index is 12.4. The Morgan fingerprint density at radius 3 is 3.00 bits per heavy atom. The van der Waals surface area contributed by atoms with Crippen LogP contribution in [0, 0.1) is 17.8 Å². The van der Waals surface area contributed by atoms with Crippen LogP contribution >= 0.6 is 0 Å². The number of aliphatic hydroxyl groups is 1. The van der Waals surface area contributed by atoms with Crippen molar-refractivity contribution in [2.45, 2.75) is 37.8 Å². The number of para-hydroxylation sites is 1. The third-order valence-corrected chi connectivity index (χ3v) is 7.02. The number of methoxy groups -OCH3 is 1. The maximum Gasteiger partial charge on any atom is 0.311 e. The van der Waals surface area contributed by atoms with Crippen molar-refractivity contribution >= 4 is 16.9 Å². The highest BCUT2D eigenvalue weighted by molar-refractivity contribution is 5.85. The maximum absolute atomic E-state index is 12.4. The Kier molecular flexibility index (Phi) is 3.83. The highest BCUT2D eigenvalue weighted by Crippen LogP contribution is 2.49. The Morgan fingerprint density at radius 2 is 2.15 bits per heavy atom. The molecule has 1 saturated heterocycles. The molecule has 2 aromatic rings. The molecule has 2 N–H and O–H groups in total. The number of nitrogens with zero attached hydrogens (tertiary/aromatic N) is 1. The third kappa shape index (κ3) is 2.33. The topological polar surface area (TPSA) is 65.6 Å². The lowest BCUT2D eigenvalue weighted by atomic mass is 9.65. The molecular formula is C21H26N2O3. The zero-order chi connectivity index (χ0) is 17.8. The zero-order valence-corrected chi connectivity index (χ0v) is 15.1. The van der Waals surface area contributed by atoms with Crippen LogP contribution in [0.4, 0.5) is 0 Å². The summed E-state index contributed by atoms with van der Waals surface area (Å²) in [7, 11) is 1.43. The second-order valence-corrected chi connectivity index (χ2v) is 8.18. The molecule has 3 heterocycles. The number of benzene rings is 1. The van der Waals surface area contributed by atoms with Crippen LogP contribution in [0.1, 0.15) is 36.6 Å². The van der Waals surface area contributed by atoms with Crippen molar-refractivity contribution < 1.29 is 14.6 Å². The molecule has 5 rings (SSSR count). The van der Waals surface area contributed by atoms with Crippen molar-refractivity contribution in [2.75, 3.05) is 20.2 Å². The van der Waals surface area contributed by atoms with E-state index < -0.39 is 6.10 Å². The van der Waals surface area contributed by atoms with Gasteiger partial charge in [0.15, 0.2) is 0 Å². The number of nitrogens with one attached hydrogen (secondary N) is 1. The average molecular weight is 354 g/mol. The fraction of sp³-hybridized carbons (Fsp3) is 0.571. The van der Waals surface area contributed by atoms with E-state index in [0.29, 0.717) is 18.4 Å². The monoisotopic (exact) mass is 354 g/mol. The molecule has 0 spiro atoms. The number of piperidine rings is 1. The van der Waals surface area contributed by atoms with E-state index in [2.05, 4.69) is 34.1 Å². The van der Waals surface area contributed by atoms with Crippen molar-refractivity contribution in [1.82, 2.24) is 9.88 Å². The molecule has 5 nitrogen and oxygen atoms in total. The molecule has 5 heteroatoms. The molecule has 0 amide bonds. The van der Waals surface area contributed by atoms with E-state index in [9.17, 15) is 9.90 Å². The van der Waals surface area contributed by atoms with E-state index in [1.807, 2.05) is 0 Å². The lowest BCUT2D eigenvalue weighted by molar-refractivity contribution is -0.160. The van der Waals surface area contributed by atoms with E-state index in [4.69, 9.17) is 4.74 Å². The van der Waals surface area contributed by atoms with Gasteiger partial charge in [-0.25, -0.2) is 0 Å². The van der Waals surface area contributed by atoms with Crippen LogP contribution in [-0.2, 0) is 16.0 Å². The molecule has 5 atom stereocenters. The van der Waals surface area contributed by atoms with Crippen LogP contribution in [0.15, 0.2) is 24.3 Å². The minimum absolute atomic E-state index is 0.199. The molecule has 3 aliphatic rings. The average Bonchev–Trinajstić information content (AvgIpc) is 3.05. The van der Waals surface area contributed by atoms with Gasteiger partial charge in [-0.15, -0.1) is 0 Å². The smallest absolute Gasteiger partial charge is 0.311 e. The highest BCUT2D eigenvalue weighted by Gasteiger charge is 2.49. The number of rotatable bonds is 1. The lowest BCUT2D eigenvalue weighted by Crippen LogP contribution is -2.53. The number of hydrogen-bond acceptors (Lipinski definition) is 4. The summed E-state index contributed by atoms with van der Waals surface area (Å²) in [5.41, 5.74) is 3.96. The number of aromatic nitrogens is 1. The van der Waals surface area contributed by atoms with Gasteiger partial charge in [0.2, 0.25) is 0 Å². The number of H-pyrrole nitrogens is 1. The van der Waals surface area contributed by atoms with Gasteiger partial charge in [0.05, 0.1) is 25.2 Å². The van der Waals surface area contributed by atoms with Gasteiger partial charge in [-0.3, -0.25) is 9.69 Å². The summed E-state index contributed by atoms with van der Waals surface area (Å²) in [6, 6.07) is 8.83. The molecule has 2 fully saturated rings. The fourth-order valence-corrected chi connectivity index (χ4v) is 5.80. The second kappa shape index (κ2) is 6.10. The number of aromatic amines is 1. The van der Waals surface area contributed by atoms with Gasteiger partial charge in [0.25, 0.3) is 0 Å². The first-order valence-electron chi connectivity index (χ1n) is 9.76. The van der Waals surface area contributed by atoms with Gasteiger partial charge < -0.3 is 14.8 Å². The van der Waals surface area contributed by atoms with Crippen molar-refractivity contribution in [3.63, 3.8) is 0 Å². The van der Waals surface area contributed by atoms with E-state index in [-0.39, 0.29) is 17.8 Å². The molecule has 26 heavy (non-hydrogen) atoms. The van der Waals surface area contributed by atoms with Crippen LogP contribution in [0.3, 0.4) is 0 Å². The van der Waals surface area contributed by atoms with Crippen LogP contribution in [-0.4, -0.2) is 47.3 Å².